The van der Waals surface area contributed by atoms with Crippen LogP contribution in [0.5, 0.6) is 0 Å². The van der Waals surface area contributed by atoms with Crippen molar-refractivity contribution in [2.75, 3.05) is 17.7 Å². The van der Waals surface area contributed by atoms with E-state index in [2.05, 4.69) is 10.3 Å². The molecular formula is C21H22N4O4S2. The number of aliphatic hydroxyl groups is 1. The van der Waals surface area contributed by atoms with Crippen LogP contribution in [-0.2, 0) is 24.2 Å². The third kappa shape index (κ3) is 4.36. The lowest BCUT2D eigenvalue weighted by atomic mass is 10.1. The van der Waals surface area contributed by atoms with E-state index in [0.29, 0.717) is 39.6 Å². The lowest BCUT2D eigenvalue weighted by Crippen LogP contribution is -2.25. The van der Waals surface area contributed by atoms with Gasteiger partial charge < -0.3 is 16.2 Å². The first-order valence-corrected chi connectivity index (χ1v) is 11.8. The van der Waals surface area contributed by atoms with Gasteiger partial charge in [0, 0.05) is 18.0 Å². The van der Waals surface area contributed by atoms with E-state index >= 15 is 0 Å². The van der Waals surface area contributed by atoms with Crippen molar-refractivity contribution in [2.24, 2.45) is 5.73 Å². The molecule has 8 nitrogen and oxygen atoms in total. The molecule has 2 amide bonds. The SMILES string of the molecule is NC(=O)c1c(NC(=O)CSc2nc3ccccc3c(=O)n2CCCO)sc2c1CCC2. The van der Waals surface area contributed by atoms with Crippen LogP contribution in [0.1, 0.15) is 33.6 Å². The number of carbonyl (C=O) groups is 2. The first-order valence-electron chi connectivity index (χ1n) is 9.97. The molecule has 2 heterocycles. The maximum Gasteiger partial charge on any atom is 0.262 e. The summed E-state index contributed by atoms with van der Waals surface area (Å²) in [6.07, 6.45) is 3.09. The van der Waals surface area contributed by atoms with E-state index in [1.54, 1.807) is 24.3 Å². The summed E-state index contributed by atoms with van der Waals surface area (Å²) in [5.74, 6) is -0.815. The van der Waals surface area contributed by atoms with Gasteiger partial charge in [0.1, 0.15) is 5.00 Å². The highest BCUT2D eigenvalue weighted by molar-refractivity contribution is 7.99. The Hall–Kier alpha value is -2.69. The van der Waals surface area contributed by atoms with E-state index in [1.165, 1.54) is 15.9 Å². The Bertz CT molecular complexity index is 1220. The monoisotopic (exact) mass is 458 g/mol. The largest absolute Gasteiger partial charge is 0.396 e. The summed E-state index contributed by atoms with van der Waals surface area (Å²) in [4.78, 5) is 43.1. The number of benzene rings is 1. The number of thiophene rings is 1. The molecule has 4 N–H and O–H groups in total. The normalized spacial score (nSPS) is 12.8. The minimum absolute atomic E-state index is 0.0185. The van der Waals surface area contributed by atoms with Crippen molar-refractivity contribution in [3.63, 3.8) is 0 Å². The zero-order valence-corrected chi connectivity index (χ0v) is 18.4. The molecule has 1 aromatic carbocycles. The van der Waals surface area contributed by atoms with Gasteiger partial charge in [-0.15, -0.1) is 11.3 Å². The zero-order chi connectivity index (χ0) is 22.0. The highest BCUT2D eigenvalue weighted by atomic mass is 32.2. The molecule has 0 spiro atoms. The van der Waals surface area contributed by atoms with Gasteiger partial charge in [-0.1, -0.05) is 23.9 Å². The number of nitrogens with zero attached hydrogens (tertiary/aromatic N) is 2. The van der Waals surface area contributed by atoms with Crippen LogP contribution < -0.4 is 16.6 Å². The van der Waals surface area contributed by atoms with Gasteiger partial charge >= 0.3 is 0 Å². The number of aromatic nitrogens is 2. The van der Waals surface area contributed by atoms with E-state index in [-0.39, 0.29) is 23.8 Å². The Labute approximate surface area is 186 Å². The van der Waals surface area contributed by atoms with Crippen LogP contribution in [0.3, 0.4) is 0 Å². The highest BCUT2D eigenvalue weighted by Gasteiger charge is 2.26. The third-order valence-electron chi connectivity index (χ3n) is 5.12. The summed E-state index contributed by atoms with van der Waals surface area (Å²) in [5, 5.41) is 13.4. The summed E-state index contributed by atoms with van der Waals surface area (Å²) in [6.45, 7) is 0.253. The van der Waals surface area contributed by atoms with E-state index in [9.17, 15) is 19.5 Å². The van der Waals surface area contributed by atoms with Crippen molar-refractivity contribution in [2.45, 2.75) is 37.4 Å². The number of primary amides is 1. The fourth-order valence-electron chi connectivity index (χ4n) is 3.73. The van der Waals surface area contributed by atoms with Crippen molar-refractivity contribution in [3.8, 4) is 0 Å². The second-order valence-corrected chi connectivity index (χ2v) is 9.26. The number of thioether (sulfide) groups is 1. The molecule has 4 rings (SSSR count). The number of hydrogen-bond acceptors (Lipinski definition) is 7. The number of nitrogens with one attached hydrogen (secondary N) is 1. The van der Waals surface area contributed by atoms with Crippen molar-refractivity contribution < 1.29 is 14.7 Å². The summed E-state index contributed by atoms with van der Waals surface area (Å²) in [6, 6.07) is 7.04. The van der Waals surface area contributed by atoms with Gasteiger partial charge in [-0.25, -0.2) is 4.98 Å². The van der Waals surface area contributed by atoms with E-state index in [1.807, 2.05) is 0 Å². The molecule has 0 unspecified atom stereocenters. The number of carbonyl (C=O) groups excluding carboxylic acids is 2. The molecule has 0 radical (unpaired) electrons. The fraction of sp³-hybridized carbons (Fsp3) is 0.333. The first kappa shape index (κ1) is 21.5. The van der Waals surface area contributed by atoms with Crippen LogP contribution in [0.2, 0.25) is 0 Å². The average Bonchev–Trinajstić information content (AvgIpc) is 3.32. The van der Waals surface area contributed by atoms with Crippen LogP contribution in [0, 0.1) is 0 Å². The Morgan fingerprint density at radius 3 is 2.87 bits per heavy atom. The van der Waals surface area contributed by atoms with Crippen molar-refractivity contribution in [3.05, 3.63) is 50.6 Å². The maximum absolute atomic E-state index is 12.9. The van der Waals surface area contributed by atoms with Crippen molar-refractivity contribution in [1.29, 1.82) is 0 Å². The molecule has 0 bridgehead atoms. The molecule has 0 aliphatic heterocycles. The number of aliphatic hydroxyl groups excluding tert-OH is 1. The number of anilines is 1. The second kappa shape index (κ2) is 9.21. The first-order chi connectivity index (χ1) is 15.0. The maximum atomic E-state index is 12.9. The summed E-state index contributed by atoms with van der Waals surface area (Å²) < 4.78 is 1.49. The number of hydrogen-bond donors (Lipinski definition) is 3. The standard InChI is InChI=1S/C21H22N4O4S2/c22-18(28)17-13-6-3-8-15(13)31-19(17)24-16(27)11-30-21-23-14-7-2-1-5-12(14)20(29)25(21)9-4-10-26/h1-2,5,7,26H,3-4,6,8-11H2,(H2,22,28)(H,24,27). The van der Waals surface area contributed by atoms with Gasteiger partial charge in [-0.05, 0) is 43.4 Å². The van der Waals surface area contributed by atoms with Gasteiger partial charge in [-0.2, -0.15) is 0 Å². The van der Waals surface area contributed by atoms with Crippen molar-refractivity contribution in [1.82, 2.24) is 9.55 Å². The van der Waals surface area contributed by atoms with Gasteiger partial charge in [0.25, 0.3) is 11.5 Å². The molecule has 2 aromatic heterocycles. The molecule has 31 heavy (non-hydrogen) atoms. The Kier molecular flexibility index (Phi) is 6.40. The number of nitrogens with two attached hydrogens (primary N) is 1. The third-order valence-corrected chi connectivity index (χ3v) is 7.30. The molecule has 1 aliphatic rings. The Balaban J connectivity index is 1.55. The minimum Gasteiger partial charge on any atom is -0.396 e. The van der Waals surface area contributed by atoms with E-state index in [0.717, 1.165) is 41.5 Å². The molecule has 10 heteroatoms. The molecule has 0 saturated carbocycles. The predicted molar refractivity (Wildman–Crippen MR) is 122 cm³/mol. The van der Waals surface area contributed by atoms with Crippen LogP contribution in [0.25, 0.3) is 10.9 Å². The minimum atomic E-state index is -0.531. The molecular weight excluding hydrogens is 436 g/mol. The number of rotatable bonds is 8. The van der Waals surface area contributed by atoms with Gasteiger partial charge in [0.05, 0.1) is 22.2 Å². The molecule has 3 aromatic rings. The number of para-hydroxylation sites is 1. The van der Waals surface area contributed by atoms with E-state index < -0.39 is 5.91 Å². The van der Waals surface area contributed by atoms with Gasteiger partial charge in [0.2, 0.25) is 5.91 Å². The summed E-state index contributed by atoms with van der Waals surface area (Å²) in [5.41, 5.74) is 7.28. The highest BCUT2D eigenvalue weighted by Crippen LogP contribution is 2.38. The van der Waals surface area contributed by atoms with Gasteiger partial charge in [0.15, 0.2) is 5.16 Å². The van der Waals surface area contributed by atoms with Crippen LogP contribution in [-0.4, -0.2) is 38.8 Å². The topological polar surface area (TPSA) is 127 Å². The summed E-state index contributed by atoms with van der Waals surface area (Å²) >= 11 is 2.55. The number of aryl methyl sites for hydroxylation is 1. The average molecular weight is 459 g/mol. The predicted octanol–water partition coefficient (Wildman–Crippen LogP) is 2.16. The number of fused-ring (bicyclic) bond motifs is 2. The smallest absolute Gasteiger partial charge is 0.262 e. The lowest BCUT2D eigenvalue weighted by molar-refractivity contribution is -0.113. The fourth-order valence-corrected chi connectivity index (χ4v) is 5.87. The molecule has 0 saturated heterocycles. The molecule has 0 atom stereocenters. The molecule has 0 fully saturated rings. The molecule has 1 aliphatic carbocycles. The Morgan fingerprint density at radius 2 is 2.10 bits per heavy atom. The Morgan fingerprint density at radius 1 is 1.29 bits per heavy atom. The van der Waals surface area contributed by atoms with Crippen LogP contribution in [0.15, 0.2) is 34.2 Å². The summed E-state index contributed by atoms with van der Waals surface area (Å²) in [7, 11) is 0. The quantitative estimate of drug-likeness (QED) is 0.351. The van der Waals surface area contributed by atoms with Crippen LogP contribution in [0.4, 0.5) is 5.00 Å². The van der Waals surface area contributed by atoms with E-state index in [4.69, 9.17) is 5.73 Å². The number of amides is 2. The lowest BCUT2D eigenvalue weighted by Gasteiger charge is -2.12. The van der Waals surface area contributed by atoms with Crippen molar-refractivity contribution >= 4 is 50.8 Å². The van der Waals surface area contributed by atoms with Crippen LogP contribution >= 0.6 is 23.1 Å². The van der Waals surface area contributed by atoms with Gasteiger partial charge in [-0.3, -0.25) is 19.0 Å². The zero-order valence-electron chi connectivity index (χ0n) is 16.7. The second-order valence-electron chi connectivity index (χ2n) is 7.21. The molecule has 162 valence electrons.